The largest absolute Gasteiger partial charge is 0.330 e. The van der Waals surface area contributed by atoms with Gasteiger partial charge < -0.3 is 5.73 Å². The molecule has 17 heavy (non-hydrogen) atoms. The number of hydrogen-bond acceptors (Lipinski definition) is 5. The third-order valence-electron chi connectivity index (χ3n) is 2.32. The van der Waals surface area contributed by atoms with E-state index in [-0.39, 0.29) is 19.6 Å². The second-order valence-electron chi connectivity index (χ2n) is 3.71. The highest BCUT2D eigenvalue weighted by Crippen LogP contribution is 2.08. The van der Waals surface area contributed by atoms with Gasteiger partial charge in [-0.3, -0.25) is 14.9 Å². The first-order chi connectivity index (χ1) is 7.87. The maximum absolute atomic E-state index is 12.0. The first-order valence-electron chi connectivity index (χ1n) is 5.12. The summed E-state index contributed by atoms with van der Waals surface area (Å²) >= 11 is 0. The molecule has 98 valence electrons. The lowest BCUT2D eigenvalue weighted by molar-refractivity contribution is -0.134. The number of nitrogens with one attached hydrogen (secondary N) is 1. The van der Waals surface area contributed by atoms with E-state index in [9.17, 15) is 18.0 Å². The third-order valence-corrected chi connectivity index (χ3v) is 4.20. The molecule has 8 nitrogen and oxygen atoms in total. The molecule has 1 aliphatic rings. The Labute approximate surface area is 99.9 Å². The van der Waals surface area contributed by atoms with E-state index in [1.165, 1.54) is 7.05 Å². The average molecular weight is 264 g/mol. The lowest BCUT2D eigenvalue weighted by Crippen LogP contribution is -2.56. The van der Waals surface area contributed by atoms with Gasteiger partial charge in [0.15, 0.2) is 0 Å². The molecule has 1 rings (SSSR count). The Morgan fingerprint density at radius 2 is 1.88 bits per heavy atom. The van der Waals surface area contributed by atoms with Gasteiger partial charge in [-0.05, 0) is 13.0 Å². The molecule has 0 aromatic rings. The molecular weight excluding hydrogens is 248 g/mol. The van der Waals surface area contributed by atoms with Crippen LogP contribution in [0.2, 0.25) is 0 Å². The molecule has 0 spiro atoms. The zero-order chi connectivity index (χ0) is 13.1. The fourth-order valence-corrected chi connectivity index (χ4v) is 2.72. The van der Waals surface area contributed by atoms with Crippen molar-refractivity contribution < 1.29 is 18.0 Å². The first-order valence-corrected chi connectivity index (χ1v) is 6.51. The van der Waals surface area contributed by atoms with Crippen molar-refractivity contribution in [3.05, 3.63) is 0 Å². The molecular formula is C8H16N4O4S. The summed E-state index contributed by atoms with van der Waals surface area (Å²) < 4.78 is 25.9. The van der Waals surface area contributed by atoms with Gasteiger partial charge in [0, 0.05) is 13.6 Å². The van der Waals surface area contributed by atoms with Gasteiger partial charge in [0.2, 0.25) is 11.8 Å². The number of nitrogens with two attached hydrogens (primary N) is 1. The molecule has 9 heteroatoms. The summed E-state index contributed by atoms with van der Waals surface area (Å²) in [6.07, 6.45) is 0.518. The summed E-state index contributed by atoms with van der Waals surface area (Å²) in [5.74, 6) is -1.23. The van der Waals surface area contributed by atoms with Crippen LogP contribution in [-0.2, 0) is 19.8 Å². The predicted octanol–water partition coefficient (Wildman–Crippen LogP) is -2.53. The van der Waals surface area contributed by atoms with Crippen molar-refractivity contribution in [2.45, 2.75) is 6.42 Å². The van der Waals surface area contributed by atoms with Gasteiger partial charge in [-0.25, -0.2) is 0 Å². The van der Waals surface area contributed by atoms with Gasteiger partial charge in [-0.2, -0.15) is 17.0 Å². The van der Waals surface area contributed by atoms with Crippen LogP contribution in [0.25, 0.3) is 0 Å². The fourth-order valence-electron chi connectivity index (χ4n) is 1.40. The van der Waals surface area contributed by atoms with Crippen LogP contribution in [0.5, 0.6) is 0 Å². The van der Waals surface area contributed by atoms with Crippen molar-refractivity contribution in [2.24, 2.45) is 5.73 Å². The molecule has 3 N–H and O–H groups in total. The predicted molar refractivity (Wildman–Crippen MR) is 59.9 cm³/mol. The number of hydrogen-bond donors (Lipinski definition) is 2. The minimum Gasteiger partial charge on any atom is -0.330 e. The lowest BCUT2D eigenvalue weighted by Gasteiger charge is -2.28. The monoisotopic (exact) mass is 264 g/mol. The molecule has 0 radical (unpaired) electrons. The third kappa shape index (κ3) is 3.46. The van der Waals surface area contributed by atoms with Crippen LogP contribution in [0.3, 0.4) is 0 Å². The Morgan fingerprint density at radius 3 is 2.35 bits per heavy atom. The topological polar surface area (TPSA) is 113 Å². The molecule has 0 saturated carbocycles. The second kappa shape index (κ2) is 5.54. The number of amides is 2. The summed E-state index contributed by atoms with van der Waals surface area (Å²) in [6, 6.07) is 0. The molecule has 1 fully saturated rings. The van der Waals surface area contributed by atoms with Crippen molar-refractivity contribution in [3.8, 4) is 0 Å². The van der Waals surface area contributed by atoms with Gasteiger partial charge in [-0.1, -0.05) is 0 Å². The zero-order valence-corrected chi connectivity index (χ0v) is 10.4. The molecule has 2 amide bonds. The van der Waals surface area contributed by atoms with Crippen LogP contribution in [0.4, 0.5) is 0 Å². The highest BCUT2D eigenvalue weighted by atomic mass is 32.2. The normalized spacial score (nSPS) is 18.5. The minimum atomic E-state index is -3.77. The standard InChI is InChI=1S/C8H16N4O4S/c1-11(4-2-3-9)17(15,16)12-5-7(13)10-8(14)6-12/h2-6,9H2,1H3,(H,10,13,14). The lowest BCUT2D eigenvalue weighted by atomic mass is 10.4. The fraction of sp³-hybridized carbons (Fsp3) is 0.750. The van der Waals surface area contributed by atoms with Gasteiger partial charge in [0.1, 0.15) is 0 Å². The van der Waals surface area contributed by atoms with E-state index in [1.807, 2.05) is 5.32 Å². The average Bonchev–Trinajstić information content (AvgIpc) is 2.24. The van der Waals surface area contributed by atoms with Crippen molar-refractivity contribution >= 4 is 22.0 Å². The van der Waals surface area contributed by atoms with E-state index in [0.29, 0.717) is 13.0 Å². The molecule has 0 atom stereocenters. The number of nitrogens with zero attached hydrogens (tertiary/aromatic N) is 2. The molecule has 1 saturated heterocycles. The minimum absolute atomic E-state index is 0.255. The van der Waals surface area contributed by atoms with E-state index < -0.39 is 22.0 Å². The molecule has 0 aromatic heterocycles. The smallest absolute Gasteiger partial charge is 0.282 e. The van der Waals surface area contributed by atoms with Crippen LogP contribution < -0.4 is 11.1 Å². The van der Waals surface area contributed by atoms with Crippen molar-refractivity contribution in [3.63, 3.8) is 0 Å². The maximum atomic E-state index is 12.0. The van der Waals surface area contributed by atoms with Crippen LogP contribution in [0.15, 0.2) is 0 Å². The highest BCUT2D eigenvalue weighted by Gasteiger charge is 2.33. The van der Waals surface area contributed by atoms with Crippen molar-refractivity contribution in [2.75, 3.05) is 33.2 Å². The number of carbonyl (C=O) groups is 2. The van der Waals surface area contributed by atoms with Crippen LogP contribution in [0, 0.1) is 0 Å². The Hall–Kier alpha value is -1.03. The molecule has 0 unspecified atom stereocenters. The summed E-state index contributed by atoms with van der Waals surface area (Å²) in [4.78, 5) is 22.2. The van der Waals surface area contributed by atoms with Crippen molar-refractivity contribution in [1.29, 1.82) is 0 Å². The molecule has 1 heterocycles. The van der Waals surface area contributed by atoms with Crippen LogP contribution >= 0.6 is 0 Å². The quantitative estimate of drug-likeness (QED) is 0.532. The van der Waals surface area contributed by atoms with Crippen LogP contribution in [-0.4, -0.2) is 62.1 Å². The SMILES string of the molecule is CN(CCCN)S(=O)(=O)N1CC(=O)NC(=O)C1. The summed E-state index contributed by atoms with van der Waals surface area (Å²) in [6.45, 7) is -0.0352. The second-order valence-corrected chi connectivity index (χ2v) is 5.75. The molecule has 0 bridgehead atoms. The number of rotatable bonds is 5. The summed E-state index contributed by atoms with van der Waals surface area (Å²) in [5.41, 5.74) is 5.29. The Bertz CT molecular complexity index is 392. The summed E-state index contributed by atoms with van der Waals surface area (Å²) in [7, 11) is -2.38. The van der Waals surface area contributed by atoms with Gasteiger partial charge in [0.05, 0.1) is 13.1 Å². The van der Waals surface area contributed by atoms with E-state index in [4.69, 9.17) is 5.73 Å². The number of carbonyl (C=O) groups excluding carboxylic acids is 2. The van der Waals surface area contributed by atoms with E-state index in [1.54, 1.807) is 0 Å². The molecule has 1 aliphatic heterocycles. The first kappa shape index (κ1) is 14.0. The zero-order valence-electron chi connectivity index (χ0n) is 9.55. The summed E-state index contributed by atoms with van der Waals surface area (Å²) in [5, 5.41) is 2.04. The Kier molecular flexibility index (Phi) is 4.57. The van der Waals surface area contributed by atoms with Gasteiger partial charge in [-0.15, -0.1) is 0 Å². The van der Waals surface area contributed by atoms with Gasteiger partial charge in [0.25, 0.3) is 10.2 Å². The van der Waals surface area contributed by atoms with Crippen LogP contribution in [0.1, 0.15) is 6.42 Å². The molecule has 0 aliphatic carbocycles. The maximum Gasteiger partial charge on any atom is 0.282 e. The Morgan fingerprint density at radius 1 is 1.35 bits per heavy atom. The van der Waals surface area contributed by atoms with E-state index >= 15 is 0 Å². The van der Waals surface area contributed by atoms with E-state index in [0.717, 1.165) is 8.61 Å². The Balaban J connectivity index is 2.75. The highest BCUT2D eigenvalue weighted by molar-refractivity contribution is 7.86. The van der Waals surface area contributed by atoms with Crippen molar-refractivity contribution in [1.82, 2.24) is 13.9 Å². The molecule has 0 aromatic carbocycles. The number of piperazine rings is 1. The number of imide groups is 1. The van der Waals surface area contributed by atoms with Gasteiger partial charge >= 0.3 is 0 Å². The van der Waals surface area contributed by atoms with E-state index in [2.05, 4.69) is 0 Å².